The molecule has 2 rings (SSSR count). The molecule has 1 aliphatic carbocycles. The Balaban J connectivity index is 1.81. The zero-order valence-corrected chi connectivity index (χ0v) is 10.4. The molecule has 2 N–H and O–H groups in total. The predicted octanol–water partition coefficient (Wildman–Crippen LogP) is 1.95. The van der Waals surface area contributed by atoms with Crippen LogP contribution in [-0.4, -0.2) is 25.4 Å². The van der Waals surface area contributed by atoms with Crippen LogP contribution < -0.4 is 10.1 Å². The van der Waals surface area contributed by atoms with E-state index in [-0.39, 0.29) is 5.41 Å². The molecule has 1 aliphatic rings. The van der Waals surface area contributed by atoms with Gasteiger partial charge in [-0.2, -0.15) is 0 Å². The zero-order chi connectivity index (χ0) is 12.1. The molecule has 1 saturated carbocycles. The summed E-state index contributed by atoms with van der Waals surface area (Å²) in [5.74, 6) is 0.893. The van der Waals surface area contributed by atoms with Crippen molar-refractivity contribution in [3.63, 3.8) is 0 Å². The van der Waals surface area contributed by atoms with Crippen molar-refractivity contribution in [3.05, 3.63) is 29.8 Å². The Morgan fingerprint density at radius 3 is 2.82 bits per heavy atom. The Kier molecular flexibility index (Phi) is 4.02. The molecule has 0 amide bonds. The van der Waals surface area contributed by atoms with Crippen molar-refractivity contribution in [2.24, 2.45) is 5.41 Å². The maximum absolute atomic E-state index is 9.36. The Morgan fingerprint density at radius 1 is 1.41 bits per heavy atom. The van der Waals surface area contributed by atoms with Gasteiger partial charge in [-0.3, -0.25) is 0 Å². The van der Waals surface area contributed by atoms with Gasteiger partial charge in [0.05, 0.1) is 7.11 Å². The smallest absolute Gasteiger partial charge is 0.119 e. The normalized spacial score (nSPS) is 17.5. The van der Waals surface area contributed by atoms with Gasteiger partial charge in [0.1, 0.15) is 5.75 Å². The first-order valence-corrected chi connectivity index (χ1v) is 6.22. The quantitative estimate of drug-likeness (QED) is 0.792. The van der Waals surface area contributed by atoms with Crippen LogP contribution in [-0.2, 0) is 6.54 Å². The predicted molar refractivity (Wildman–Crippen MR) is 68.1 cm³/mol. The summed E-state index contributed by atoms with van der Waals surface area (Å²) in [6, 6.07) is 8.08. The lowest BCUT2D eigenvalue weighted by molar-refractivity contribution is 0.0445. The van der Waals surface area contributed by atoms with Gasteiger partial charge in [-0.25, -0.2) is 0 Å². The second-order valence-electron chi connectivity index (χ2n) is 4.97. The fourth-order valence-electron chi connectivity index (χ4n) is 2.32. The summed E-state index contributed by atoms with van der Waals surface area (Å²) >= 11 is 0. The Hall–Kier alpha value is -1.06. The van der Waals surface area contributed by atoms with Crippen LogP contribution in [0.2, 0.25) is 0 Å². The molecule has 17 heavy (non-hydrogen) atoms. The van der Waals surface area contributed by atoms with Crippen molar-refractivity contribution in [3.8, 4) is 5.75 Å². The molecule has 0 aliphatic heterocycles. The van der Waals surface area contributed by atoms with E-state index < -0.39 is 0 Å². The second-order valence-corrected chi connectivity index (χ2v) is 4.97. The van der Waals surface area contributed by atoms with Crippen molar-refractivity contribution in [2.45, 2.75) is 25.8 Å². The number of hydrogen-bond donors (Lipinski definition) is 2. The molecule has 94 valence electrons. The third kappa shape index (κ3) is 2.99. The van der Waals surface area contributed by atoms with Gasteiger partial charge in [-0.1, -0.05) is 18.6 Å². The van der Waals surface area contributed by atoms with E-state index in [1.807, 2.05) is 18.2 Å². The van der Waals surface area contributed by atoms with Gasteiger partial charge in [0.25, 0.3) is 0 Å². The molecule has 1 fully saturated rings. The molecule has 3 heteroatoms. The van der Waals surface area contributed by atoms with Crippen LogP contribution >= 0.6 is 0 Å². The number of rotatable bonds is 6. The summed E-state index contributed by atoms with van der Waals surface area (Å²) in [4.78, 5) is 0. The Morgan fingerprint density at radius 2 is 2.24 bits per heavy atom. The highest BCUT2D eigenvalue weighted by molar-refractivity contribution is 5.28. The third-order valence-corrected chi connectivity index (χ3v) is 3.71. The fraction of sp³-hybridized carbons (Fsp3) is 0.571. The van der Waals surface area contributed by atoms with Crippen molar-refractivity contribution in [1.29, 1.82) is 0 Å². The van der Waals surface area contributed by atoms with Gasteiger partial charge >= 0.3 is 0 Å². The summed E-state index contributed by atoms with van der Waals surface area (Å²) in [6.07, 6.45) is 3.55. The highest BCUT2D eigenvalue weighted by atomic mass is 16.5. The largest absolute Gasteiger partial charge is 0.497 e. The zero-order valence-electron chi connectivity index (χ0n) is 10.4. The van der Waals surface area contributed by atoms with Gasteiger partial charge in [0.2, 0.25) is 0 Å². The molecule has 0 heterocycles. The van der Waals surface area contributed by atoms with E-state index in [1.54, 1.807) is 7.11 Å². The van der Waals surface area contributed by atoms with Crippen LogP contribution in [0.15, 0.2) is 24.3 Å². The molecule has 0 radical (unpaired) electrons. The van der Waals surface area contributed by atoms with Crippen LogP contribution in [0.5, 0.6) is 5.75 Å². The highest BCUT2D eigenvalue weighted by Crippen LogP contribution is 2.39. The lowest BCUT2D eigenvalue weighted by Crippen LogP contribution is -2.42. The van der Waals surface area contributed by atoms with Gasteiger partial charge < -0.3 is 15.2 Å². The Labute approximate surface area is 103 Å². The first-order chi connectivity index (χ1) is 8.28. The molecule has 0 bridgehead atoms. The van der Waals surface area contributed by atoms with E-state index >= 15 is 0 Å². The molecular weight excluding hydrogens is 214 g/mol. The minimum absolute atomic E-state index is 0.152. The van der Waals surface area contributed by atoms with Gasteiger partial charge in [-0.15, -0.1) is 0 Å². The van der Waals surface area contributed by atoms with E-state index in [2.05, 4.69) is 11.4 Å². The fourth-order valence-corrected chi connectivity index (χ4v) is 2.32. The lowest BCUT2D eigenvalue weighted by atomic mass is 9.69. The van der Waals surface area contributed by atoms with E-state index in [0.29, 0.717) is 6.61 Å². The molecule has 0 saturated heterocycles. The van der Waals surface area contributed by atoms with E-state index in [0.717, 1.165) is 31.7 Å². The number of ether oxygens (including phenoxy) is 1. The second kappa shape index (κ2) is 5.52. The molecule has 3 nitrogen and oxygen atoms in total. The number of benzene rings is 1. The summed E-state index contributed by atoms with van der Waals surface area (Å²) < 4.78 is 5.19. The van der Waals surface area contributed by atoms with Crippen molar-refractivity contribution < 1.29 is 9.84 Å². The number of hydrogen-bond acceptors (Lipinski definition) is 3. The molecule has 0 aromatic heterocycles. The molecule has 0 spiro atoms. The number of aliphatic hydroxyl groups excluding tert-OH is 1. The number of aliphatic hydroxyl groups is 1. The minimum Gasteiger partial charge on any atom is -0.497 e. The summed E-state index contributed by atoms with van der Waals surface area (Å²) in [5.41, 5.74) is 1.37. The van der Waals surface area contributed by atoms with Gasteiger partial charge in [0, 0.05) is 25.1 Å². The van der Waals surface area contributed by atoms with Crippen LogP contribution in [0.1, 0.15) is 24.8 Å². The van der Waals surface area contributed by atoms with Crippen LogP contribution in [0.25, 0.3) is 0 Å². The van der Waals surface area contributed by atoms with Gasteiger partial charge in [-0.05, 0) is 30.5 Å². The van der Waals surface area contributed by atoms with E-state index in [1.165, 1.54) is 12.0 Å². The Bertz CT molecular complexity index is 355. The minimum atomic E-state index is 0.152. The van der Waals surface area contributed by atoms with Crippen LogP contribution in [0.3, 0.4) is 0 Å². The average molecular weight is 235 g/mol. The van der Waals surface area contributed by atoms with Crippen molar-refractivity contribution >= 4 is 0 Å². The van der Waals surface area contributed by atoms with E-state index in [4.69, 9.17) is 4.74 Å². The standard InChI is InChI=1S/C14H21NO2/c1-17-13-5-2-4-12(8-13)9-15-10-14(11-16)6-3-7-14/h2,4-5,8,15-16H,3,6-7,9-11H2,1H3. The highest BCUT2D eigenvalue weighted by Gasteiger charge is 2.35. The molecule has 1 aromatic carbocycles. The van der Waals surface area contributed by atoms with Crippen molar-refractivity contribution in [2.75, 3.05) is 20.3 Å². The van der Waals surface area contributed by atoms with Gasteiger partial charge in [0.15, 0.2) is 0 Å². The first-order valence-electron chi connectivity index (χ1n) is 6.22. The third-order valence-electron chi connectivity index (χ3n) is 3.71. The summed E-state index contributed by atoms with van der Waals surface area (Å²) in [6.45, 7) is 2.04. The number of methoxy groups -OCH3 is 1. The first kappa shape index (κ1) is 12.4. The summed E-state index contributed by atoms with van der Waals surface area (Å²) in [5, 5.41) is 12.8. The van der Waals surface area contributed by atoms with Crippen LogP contribution in [0, 0.1) is 5.41 Å². The molecule has 1 aromatic rings. The van der Waals surface area contributed by atoms with E-state index in [9.17, 15) is 5.11 Å². The SMILES string of the molecule is COc1cccc(CNCC2(CO)CCC2)c1. The maximum atomic E-state index is 9.36. The lowest BCUT2D eigenvalue weighted by Gasteiger charge is -2.40. The molecular formula is C14H21NO2. The van der Waals surface area contributed by atoms with Crippen molar-refractivity contribution in [1.82, 2.24) is 5.32 Å². The molecule has 0 unspecified atom stereocenters. The monoisotopic (exact) mass is 235 g/mol. The number of nitrogens with one attached hydrogen (secondary N) is 1. The maximum Gasteiger partial charge on any atom is 0.119 e. The summed E-state index contributed by atoms with van der Waals surface area (Å²) in [7, 11) is 1.68. The molecule has 0 atom stereocenters. The topological polar surface area (TPSA) is 41.5 Å². The van der Waals surface area contributed by atoms with Crippen LogP contribution in [0.4, 0.5) is 0 Å². The average Bonchev–Trinajstić information content (AvgIpc) is 2.33.